The summed E-state index contributed by atoms with van der Waals surface area (Å²) in [6.07, 6.45) is 3.07. The molecule has 3 aromatic rings. The molecule has 2 aromatic carbocycles. The normalized spacial score (nSPS) is 10.5. The van der Waals surface area contributed by atoms with E-state index in [2.05, 4.69) is 34.7 Å². The van der Waals surface area contributed by atoms with Crippen LogP contribution in [-0.4, -0.2) is 18.6 Å². The Hall–Kier alpha value is -1.68. The largest absolute Gasteiger partial charge is 0.496 e. The van der Waals surface area contributed by atoms with E-state index in [1.54, 1.807) is 7.11 Å². The van der Waals surface area contributed by atoms with E-state index in [0.29, 0.717) is 0 Å². The average Bonchev–Trinajstić information content (AvgIpc) is 2.95. The molecule has 1 heterocycles. The second-order valence-corrected chi connectivity index (χ2v) is 5.68. The van der Waals surface area contributed by atoms with Crippen molar-refractivity contribution in [3.8, 4) is 5.75 Å². The van der Waals surface area contributed by atoms with Gasteiger partial charge in [0.05, 0.1) is 7.11 Å². The highest BCUT2D eigenvalue weighted by atomic mass is 35.5. The van der Waals surface area contributed by atoms with Crippen molar-refractivity contribution in [2.24, 2.45) is 0 Å². The van der Waals surface area contributed by atoms with Gasteiger partial charge < -0.3 is 15.0 Å². The Balaban J connectivity index is 0.00000192. The van der Waals surface area contributed by atoms with Crippen LogP contribution in [0.5, 0.6) is 5.75 Å². The average molecular weight is 351 g/mol. The summed E-state index contributed by atoms with van der Waals surface area (Å²) >= 11 is 6.05. The predicted octanol–water partition coefficient (Wildman–Crippen LogP) is 4.58. The number of aromatic amines is 1. The zero-order chi connectivity index (χ0) is 15.4. The highest BCUT2D eigenvalue weighted by Gasteiger charge is 2.05. The van der Waals surface area contributed by atoms with Gasteiger partial charge in [-0.15, -0.1) is 12.4 Å². The number of methoxy groups -OCH3 is 1. The van der Waals surface area contributed by atoms with Gasteiger partial charge in [0.25, 0.3) is 0 Å². The summed E-state index contributed by atoms with van der Waals surface area (Å²) in [6, 6.07) is 14.1. The first-order valence-electron chi connectivity index (χ1n) is 7.36. The van der Waals surface area contributed by atoms with Crippen molar-refractivity contribution in [1.82, 2.24) is 10.3 Å². The van der Waals surface area contributed by atoms with E-state index in [4.69, 9.17) is 16.3 Å². The second-order valence-electron chi connectivity index (χ2n) is 5.24. The van der Waals surface area contributed by atoms with Crippen LogP contribution in [0.4, 0.5) is 0 Å². The lowest BCUT2D eigenvalue weighted by molar-refractivity contribution is 0.408. The smallest absolute Gasteiger partial charge is 0.123 e. The monoisotopic (exact) mass is 350 g/mol. The molecule has 122 valence electrons. The molecule has 0 saturated carbocycles. The molecule has 0 aliphatic heterocycles. The first-order valence-corrected chi connectivity index (χ1v) is 7.74. The quantitative estimate of drug-likeness (QED) is 0.638. The van der Waals surface area contributed by atoms with Crippen LogP contribution in [0.15, 0.2) is 48.7 Å². The molecule has 0 aliphatic carbocycles. The Morgan fingerprint density at radius 3 is 2.78 bits per heavy atom. The molecule has 0 spiro atoms. The van der Waals surface area contributed by atoms with Gasteiger partial charge in [-0.1, -0.05) is 29.8 Å². The predicted molar refractivity (Wildman–Crippen MR) is 99.0 cm³/mol. The van der Waals surface area contributed by atoms with Gasteiger partial charge in [0.15, 0.2) is 0 Å². The van der Waals surface area contributed by atoms with Crippen LogP contribution < -0.4 is 10.1 Å². The van der Waals surface area contributed by atoms with Gasteiger partial charge in [0.1, 0.15) is 5.75 Å². The molecule has 0 aliphatic rings. The van der Waals surface area contributed by atoms with Crippen LogP contribution in [0.3, 0.4) is 0 Å². The van der Waals surface area contributed by atoms with E-state index in [0.717, 1.165) is 35.8 Å². The Bertz CT molecular complexity index is 771. The minimum Gasteiger partial charge on any atom is -0.496 e. The van der Waals surface area contributed by atoms with E-state index >= 15 is 0 Å². The number of benzene rings is 2. The zero-order valence-electron chi connectivity index (χ0n) is 12.9. The minimum atomic E-state index is 0. The fourth-order valence-corrected chi connectivity index (χ4v) is 2.86. The Morgan fingerprint density at radius 1 is 1.13 bits per heavy atom. The first-order chi connectivity index (χ1) is 10.8. The third-order valence-electron chi connectivity index (χ3n) is 3.80. The van der Waals surface area contributed by atoms with Crippen LogP contribution >= 0.6 is 24.0 Å². The maximum Gasteiger partial charge on any atom is 0.123 e. The summed E-state index contributed by atoms with van der Waals surface area (Å²) < 4.78 is 5.36. The molecule has 0 bridgehead atoms. The van der Waals surface area contributed by atoms with E-state index in [-0.39, 0.29) is 12.4 Å². The zero-order valence-corrected chi connectivity index (χ0v) is 14.5. The fourth-order valence-electron chi connectivity index (χ4n) is 2.67. The number of fused-ring (bicyclic) bond motifs is 1. The van der Waals surface area contributed by atoms with E-state index in [1.165, 1.54) is 16.5 Å². The van der Waals surface area contributed by atoms with E-state index in [1.807, 2.05) is 24.3 Å². The lowest BCUT2D eigenvalue weighted by Gasteiger charge is -2.10. The number of para-hydroxylation sites is 1. The van der Waals surface area contributed by atoms with Gasteiger partial charge in [-0.3, -0.25) is 0 Å². The maximum atomic E-state index is 6.05. The highest BCUT2D eigenvalue weighted by Crippen LogP contribution is 2.22. The van der Waals surface area contributed by atoms with Gasteiger partial charge in [0.2, 0.25) is 0 Å². The number of hydrogen-bond acceptors (Lipinski definition) is 2. The minimum absolute atomic E-state index is 0. The topological polar surface area (TPSA) is 37.0 Å². The molecule has 0 radical (unpaired) electrons. The van der Waals surface area contributed by atoms with Gasteiger partial charge in [-0.25, -0.2) is 0 Å². The SMILES string of the molecule is COc1ccc(Cl)cc1CNCCc1c[nH]c2ccccc12.Cl. The van der Waals surface area contributed by atoms with Gasteiger partial charge >= 0.3 is 0 Å². The van der Waals surface area contributed by atoms with Crippen LogP contribution in [0, 0.1) is 0 Å². The second kappa shape index (κ2) is 8.25. The van der Waals surface area contributed by atoms with Crippen LogP contribution in [0.2, 0.25) is 5.02 Å². The van der Waals surface area contributed by atoms with Gasteiger partial charge in [-0.2, -0.15) is 0 Å². The summed E-state index contributed by atoms with van der Waals surface area (Å²) in [5, 5.41) is 5.48. The molecule has 0 amide bonds. The summed E-state index contributed by atoms with van der Waals surface area (Å²) in [6.45, 7) is 1.64. The lowest BCUT2D eigenvalue weighted by atomic mass is 10.1. The number of ether oxygens (including phenoxy) is 1. The molecule has 0 atom stereocenters. The molecule has 3 nitrogen and oxygen atoms in total. The molecule has 2 N–H and O–H groups in total. The highest BCUT2D eigenvalue weighted by molar-refractivity contribution is 6.30. The summed E-state index contributed by atoms with van der Waals surface area (Å²) in [5.41, 5.74) is 3.60. The van der Waals surface area contributed by atoms with Crippen molar-refractivity contribution >= 4 is 34.9 Å². The van der Waals surface area contributed by atoms with Crippen molar-refractivity contribution in [2.45, 2.75) is 13.0 Å². The Kier molecular flexibility index (Phi) is 6.34. The fraction of sp³-hybridized carbons (Fsp3) is 0.222. The van der Waals surface area contributed by atoms with Crippen LogP contribution in [0.25, 0.3) is 10.9 Å². The van der Waals surface area contributed by atoms with Crippen LogP contribution in [-0.2, 0) is 13.0 Å². The Labute approximate surface area is 147 Å². The third kappa shape index (κ3) is 4.20. The Morgan fingerprint density at radius 2 is 1.96 bits per heavy atom. The summed E-state index contributed by atoms with van der Waals surface area (Å²) in [5.74, 6) is 0.865. The van der Waals surface area contributed by atoms with Gasteiger partial charge in [0, 0.05) is 34.2 Å². The number of aromatic nitrogens is 1. The molecule has 0 fully saturated rings. The lowest BCUT2D eigenvalue weighted by Crippen LogP contribution is -2.17. The molecule has 0 saturated heterocycles. The molecular weight excluding hydrogens is 331 g/mol. The summed E-state index contributed by atoms with van der Waals surface area (Å²) in [7, 11) is 1.68. The van der Waals surface area contributed by atoms with E-state index in [9.17, 15) is 0 Å². The maximum absolute atomic E-state index is 6.05. The molecule has 23 heavy (non-hydrogen) atoms. The molecule has 5 heteroatoms. The third-order valence-corrected chi connectivity index (χ3v) is 4.04. The number of hydrogen-bond donors (Lipinski definition) is 2. The first kappa shape index (κ1) is 17.7. The van der Waals surface area contributed by atoms with Crippen molar-refractivity contribution in [2.75, 3.05) is 13.7 Å². The van der Waals surface area contributed by atoms with Crippen LogP contribution in [0.1, 0.15) is 11.1 Å². The van der Waals surface area contributed by atoms with Crippen molar-refractivity contribution in [1.29, 1.82) is 0 Å². The van der Waals surface area contributed by atoms with Gasteiger partial charge in [-0.05, 0) is 42.8 Å². The standard InChI is InChI=1S/C18H19ClN2O.ClH/c1-22-18-7-6-15(19)10-14(18)11-20-9-8-13-12-21-17-5-3-2-4-16(13)17;/h2-7,10,12,20-21H,8-9,11H2,1H3;1H. The molecule has 0 unspecified atom stereocenters. The number of halogens is 2. The molecular formula is C18H20Cl2N2O. The number of H-pyrrole nitrogens is 1. The van der Waals surface area contributed by atoms with E-state index < -0.39 is 0 Å². The van der Waals surface area contributed by atoms with Crippen molar-refractivity contribution in [3.63, 3.8) is 0 Å². The van der Waals surface area contributed by atoms with Crippen molar-refractivity contribution < 1.29 is 4.74 Å². The molecule has 1 aromatic heterocycles. The summed E-state index contributed by atoms with van der Waals surface area (Å²) in [4.78, 5) is 3.31. The number of rotatable bonds is 6. The number of nitrogens with one attached hydrogen (secondary N) is 2. The van der Waals surface area contributed by atoms with Crippen molar-refractivity contribution in [3.05, 3.63) is 64.8 Å². The molecule has 3 rings (SSSR count).